The third-order valence-corrected chi connectivity index (χ3v) is 5.57. The molecule has 0 radical (unpaired) electrons. The topological polar surface area (TPSA) is 96.2 Å². The number of carboxylic acid groups (broad SMARTS) is 1. The van der Waals surface area contributed by atoms with Crippen LogP contribution >= 0.6 is 0 Å². The Labute approximate surface area is 157 Å². The Kier molecular flexibility index (Phi) is 12.1. The summed E-state index contributed by atoms with van der Waals surface area (Å²) in [6, 6.07) is 0. The molecule has 5 atom stereocenters. The van der Waals surface area contributed by atoms with E-state index >= 15 is 0 Å². The van der Waals surface area contributed by atoms with Crippen LogP contribution in [0.15, 0.2) is 0 Å². The summed E-state index contributed by atoms with van der Waals surface area (Å²) in [6.07, 6.45) is 8.55. The fourth-order valence-corrected chi connectivity index (χ4v) is 4.13. The van der Waals surface area contributed by atoms with Gasteiger partial charge in [-0.3, -0.25) is 0 Å². The molecule has 6 nitrogen and oxygen atoms in total. The van der Waals surface area contributed by atoms with Gasteiger partial charge >= 0.3 is 5.97 Å². The van der Waals surface area contributed by atoms with E-state index in [-0.39, 0.29) is 36.8 Å². The highest BCUT2D eigenvalue weighted by Gasteiger charge is 2.41. The van der Waals surface area contributed by atoms with Crippen molar-refractivity contribution in [3.63, 3.8) is 0 Å². The summed E-state index contributed by atoms with van der Waals surface area (Å²) < 4.78 is 10.7. The fourth-order valence-electron chi connectivity index (χ4n) is 4.13. The quantitative estimate of drug-likeness (QED) is 0.381. The number of aliphatic hydroxyl groups excluding tert-OH is 2. The number of hydrogen-bond donors (Lipinski definition) is 3. The minimum atomic E-state index is -0.947. The SMILES string of the molecule is CCCCCC(O)CC[C@@H]1[C@@H](CCCCOCC(=O)O)[C@@H](O)C[C@H]1OC. The van der Waals surface area contributed by atoms with Crippen molar-refractivity contribution >= 4 is 5.97 Å². The summed E-state index contributed by atoms with van der Waals surface area (Å²) >= 11 is 0. The van der Waals surface area contributed by atoms with Crippen LogP contribution in [0.1, 0.15) is 71.1 Å². The van der Waals surface area contributed by atoms with Gasteiger partial charge in [0.05, 0.1) is 18.3 Å². The van der Waals surface area contributed by atoms with E-state index in [0.29, 0.717) is 13.0 Å². The zero-order chi connectivity index (χ0) is 19.4. The zero-order valence-corrected chi connectivity index (χ0v) is 16.4. The predicted octanol–water partition coefficient (Wildman–Crippen LogP) is 2.99. The third-order valence-electron chi connectivity index (χ3n) is 5.57. The Bertz CT molecular complexity index is 375. The summed E-state index contributed by atoms with van der Waals surface area (Å²) in [5, 5.41) is 29.2. The van der Waals surface area contributed by atoms with Crippen LogP contribution in [-0.2, 0) is 14.3 Å². The van der Waals surface area contributed by atoms with E-state index in [2.05, 4.69) is 6.92 Å². The highest BCUT2D eigenvalue weighted by molar-refractivity contribution is 5.67. The average molecular weight is 375 g/mol. The lowest BCUT2D eigenvalue weighted by Crippen LogP contribution is -2.25. The molecular formula is C20H38O6. The van der Waals surface area contributed by atoms with Gasteiger partial charge in [-0.15, -0.1) is 0 Å². The van der Waals surface area contributed by atoms with E-state index in [0.717, 1.165) is 57.8 Å². The Morgan fingerprint density at radius 2 is 1.88 bits per heavy atom. The molecule has 1 rings (SSSR count). The van der Waals surface area contributed by atoms with Crippen LogP contribution in [0.25, 0.3) is 0 Å². The first-order valence-corrected chi connectivity index (χ1v) is 10.2. The number of aliphatic carboxylic acids is 1. The van der Waals surface area contributed by atoms with Crippen molar-refractivity contribution in [3.8, 4) is 0 Å². The number of carboxylic acids is 1. The van der Waals surface area contributed by atoms with Gasteiger partial charge in [-0.1, -0.05) is 32.6 Å². The van der Waals surface area contributed by atoms with Crippen LogP contribution in [0.4, 0.5) is 0 Å². The molecule has 1 unspecified atom stereocenters. The fraction of sp³-hybridized carbons (Fsp3) is 0.950. The van der Waals surface area contributed by atoms with E-state index in [1.165, 1.54) is 0 Å². The number of aliphatic hydroxyl groups is 2. The molecule has 0 aliphatic heterocycles. The molecule has 0 heterocycles. The molecule has 0 aromatic heterocycles. The molecule has 0 amide bonds. The van der Waals surface area contributed by atoms with Crippen molar-refractivity contribution in [2.45, 2.75) is 89.4 Å². The van der Waals surface area contributed by atoms with Crippen molar-refractivity contribution in [2.24, 2.45) is 11.8 Å². The molecule has 0 aromatic rings. The Hall–Kier alpha value is -0.690. The lowest BCUT2D eigenvalue weighted by atomic mass is 9.84. The van der Waals surface area contributed by atoms with Gasteiger partial charge in [0.2, 0.25) is 0 Å². The van der Waals surface area contributed by atoms with Crippen LogP contribution in [-0.4, -0.2) is 59.9 Å². The van der Waals surface area contributed by atoms with Gasteiger partial charge in [0.15, 0.2) is 0 Å². The first kappa shape index (κ1) is 23.3. The van der Waals surface area contributed by atoms with Crippen molar-refractivity contribution in [1.29, 1.82) is 0 Å². The van der Waals surface area contributed by atoms with Crippen LogP contribution in [0.2, 0.25) is 0 Å². The smallest absolute Gasteiger partial charge is 0.329 e. The molecule has 0 spiro atoms. The van der Waals surface area contributed by atoms with E-state index in [9.17, 15) is 15.0 Å². The second-order valence-electron chi connectivity index (χ2n) is 7.57. The molecule has 0 saturated heterocycles. The summed E-state index contributed by atoms with van der Waals surface area (Å²) in [6.45, 7) is 2.34. The average Bonchev–Trinajstić information content (AvgIpc) is 2.91. The van der Waals surface area contributed by atoms with Crippen LogP contribution in [0, 0.1) is 11.8 Å². The minimum Gasteiger partial charge on any atom is -0.480 e. The molecule has 6 heteroatoms. The lowest BCUT2D eigenvalue weighted by Gasteiger charge is -2.26. The molecular weight excluding hydrogens is 336 g/mol. The summed E-state index contributed by atoms with van der Waals surface area (Å²) in [7, 11) is 1.70. The van der Waals surface area contributed by atoms with Crippen molar-refractivity contribution < 1.29 is 29.6 Å². The van der Waals surface area contributed by atoms with Crippen LogP contribution < -0.4 is 0 Å². The number of rotatable bonds is 15. The second-order valence-corrected chi connectivity index (χ2v) is 7.57. The number of unbranched alkanes of at least 4 members (excludes halogenated alkanes) is 3. The summed E-state index contributed by atoms with van der Waals surface area (Å²) in [4.78, 5) is 10.4. The number of hydrogen-bond acceptors (Lipinski definition) is 5. The number of ether oxygens (including phenoxy) is 2. The number of carbonyl (C=O) groups is 1. The van der Waals surface area contributed by atoms with Crippen molar-refractivity contribution in [3.05, 3.63) is 0 Å². The van der Waals surface area contributed by atoms with Crippen LogP contribution in [0.5, 0.6) is 0 Å². The Balaban J connectivity index is 2.36. The summed E-state index contributed by atoms with van der Waals surface area (Å²) in [5.41, 5.74) is 0. The molecule has 0 bridgehead atoms. The molecule has 1 saturated carbocycles. The maximum absolute atomic E-state index is 10.4. The molecule has 1 aliphatic carbocycles. The van der Waals surface area contributed by atoms with E-state index in [1.807, 2.05) is 0 Å². The normalized spacial score (nSPS) is 26.9. The van der Waals surface area contributed by atoms with Gasteiger partial charge in [-0.05, 0) is 43.9 Å². The molecule has 26 heavy (non-hydrogen) atoms. The van der Waals surface area contributed by atoms with Gasteiger partial charge < -0.3 is 24.8 Å². The monoisotopic (exact) mass is 374 g/mol. The molecule has 1 aliphatic rings. The van der Waals surface area contributed by atoms with Crippen molar-refractivity contribution in [1.82, 2.24) is 0 Å². The van der Waals surface area contributed by atoms with Crippen molar-refractivity contribution in [2.75, 3.05) is 20.3 Å². The van der Waals surface area contributed by atoms with Gasteiger partial charge in [0.1, 0.15) is 6.61 Å². The van der Waals surface area contributed by atoms with E-state index in [4.69, 9.17) is 14.6 Å². The first-order chi connectivity index (χ1) is 12.5. The largest absolute Gasteiger partial charge is 0.480 e. The van der Waals surface area contributed by atoms with Gasteiger partial charge in [-0.25, -0.2) is 4.79 Å². The van der Waals surface area contributed by atoms with Gasteiger partial charge in [0.25, 0.3) is 0 Å². The maximum atomic E-state index is 10.4. The first-order valence-electron chi connectivity index (χ1n) is 10.2. The standard InChI is InChI=1S/C20H38O6/c1-3-4-5-8-15(21)10-11-17-16(18(22)13-19(17)25-2)9-6-7-12-26-14-20(23)24/h15-19,21-22H,3-14H2,1-2H3,(H,23,24)/t15?,16-,17-,18+,19-/m1/s1. The second kappa shape index (κ2) is 13.5. The Morgan fingerprint density at radius 3 is 2.54 bits per heavy atom. The van der Waals surface area contributed by atoms with Gasteiger partial charge in [-0.2, -0.15) is 0 Å². The molecule has 154 valence electrons. The predicted molar refractivity (Wildman–Crippen MR) is 100 cm³/mol. The zero-order valence-electron chi connectivity index (χ0n) is 16.4. The highest BCUT2D eigenvalue weighted by atomic mass is 16.5. The summed E-state index contributed by atoms with van der Waals surface area (Å²) in [5.74, 6) is -0.491. The molecule has 1 fully saturated rings. The minimum absolute atomic E-state index is 0.0566. The van der Waals surface area contributed by atoms with Crippen LogP contribution in [0.3, 0.4) is 0 Å². The van der Waals surface area contributed by atoms with Gasteiger partial charge in [0, 0.05) is 20.1 Å². The Morgan fingerprint density at radius 1 is 1.12 bits per heavy atom. The molecule has 0 aromatic carbocycles. The lowest BCUT2D eigenvalue weighted by molar-refractivity contribution is -0.142. The maximum Gasteiger partial charge on any atom is 0.329 e. The number of methoxy groups -OCH3 is 1. The van der Waals surface area contributed by atoms with E-state index in [1.54, 1.807) is 7.11 Å². The molecule has 3 N–H and O–H groups in total. The highest BCUT2D eigenvalue weighted by Crippen LogP contribution is 2.40. The van der Waals surface area contributed by atoms with E-state index < -0.39 is 5.97 Å². The third kappa shape index (κ3) is 8.80.